The van der Waals surface area contributed by atoms with E-state index in [4.69, 9.17) is 22.1 Å². The number of carbonyl (C=O) groups is 2. The lowest BCUT2D eigenvalue weighted by Crippen LogP contribution is -2.29. The van der Waals surface area contributed by atoms with Crippen LogP contribution in [0.1, 0.15) is 48.2 Å². The number of anilines is 2. The highest BCUT2D eigenvalue weighted by Gasteiger charge is 2.30. The number of hydrogen-bond acceptors (Lipinski definition) is 7. The third kappa shape index (κ3) is 5.56. The van der Waals surface area contributed by atoms with Crippen LogP contribution >= 0.6 is 22.9 Å². The topological polar surface area (TPSA) is 130 Å². The van der Waals surface area contributed by atoms with Crippen molar-refractivity contribution in [3.63, 3.8) is 0 Å². The fourth-order valence-corrected chi connectivity index (χ4v) is 5.37. The molecule has 5 rings (SSSR count). The molecule has 0 bridgehead atoms. The van der Waals surface area contributed by atoms with Crippen LogP contribution in [0.25, 0.3) is 10.2 Å². The normalized spacial score (nSPS) is 13.1. The highest BCUT2D eigenvalue weighted by molar-refractivity contribution is 7.22. The molecule has 0 atom stereocenters. The number of halogens is 2. The Morgan fingerprint density at radius 1 is 1.21 bits per heavy atom. The molecular formula is C28H23ClFN5O3S. The van der Waals surface area contributed by atoms with Gasteiger partial charge in [-0.2, -0.15) is 5.26 Å². The van der Waals surface area contributed by atoms with E-state index in [2.05, 4.69) is 21.7 Å². The van der Waals surface area contributed by atoms with Crippen LogP contribution in [0.4, 0.5) is 15.2 Å². The number of hydrogen-bond donors (Lipinski definition) is 3. The van der Waals surface area contributed by atoms with Crippen molar-refractivity contribution < 1.29 is 18.7 Å². The van der Waals surface area contributed by atoms with Crippen LogP contribution in [0, 0.1) is 23.1 Å². The van der Waals surface area contributed by atoms with E-state index in [1.165, 1.54) is 29.5 Å². The molecule has 1 fully saturated rings. The zero-order valence-electron chi connectivity index (χ0n) is 21.0. The first kappa shape index (κ1) is 26.6. The second-order valence-corrected chi connectivity index (χ2v) is 11.1. The minimum atomic E-state index is -0.784. The number of nitrogens with two attached hydrogens (primary N) is 1. The molecule has 0 saturated heterocycles. The van der Waals surface area contributed by atoms with E-state index in [0.717, 1.165) is 18.9 Å². The predicted molar refractivity (Wildman–Crippen MR) is 149 cm³/mol. The van der Waals surface area contributed by atoms with Crippen molar-refractivity contribution >= 4 is 55.8 Å². The molecular weight excluding hydrogens is 541 g/mol. The molecule has 1 aromatic heterocycles. The Hall–Kier alpha value is -4.04. The summed E-state index contributed by atoms with van der Waals surface area (Å²) in [5, 5.41) is 15.8. The van der Waals surface area contributed by atoms with Gasteiger partial charge in [0.2, 0.25) is 5.91 Å². The summed E-state index contributed by atoms with van der Waals surface area (Å²) < 4.78 is 21.1. The van der Waals surface area contributed by atoms with E-state index in [-0.39, 0.29) is 45.2 Å². The zero-order valence-corrected chi connectivity index (χ0v) is 22.5. The molecule has 0 radical (unpaired) electrons. The lowest BCUT2D eigenvalue weighted by Gasteiger charge is -2.22. The lowest BCUT2D eigenvalue weighted by molar-refractivity contribution is -0.117. The monoisotopic (exact) mass is 563 g/mol. The average molecular weight is 564 g/mol. The quantitative estimate of drug-likeness (QED) is 0.234. The number of aromatic nitrogens is 1. The van der Waals surface area contributed by atoms with Gasteiger partial charge in [-0.25, -0.2) is 9.37 Å². The van der Waals surface area contributed by atoms with E-state index in [1.807, 2.05) is 0 Å². The molecule has 4 N–H and O–H groups in total. The Balaban J connectivity index is 1.39. The Bertz CT molecular complexity index is 1670. The first-order chi connectivity index (χ1) is 18.5. The fourth-order valence-electron chi connectivity index (χ4n) is 3.96. The Morgan fingerprint density at radius 2 is 1.97 bits per heavy atom. The summed E-state index contributed by atoms with van der Waals surface area (Å²) in [5.74, 6) is -0.948. The molecule has 1 aliphatic carbocycles. The molecule has 0 aliphatic heterocycles. The maximum atomic E-state index is 14.7. The van der Waals surface area contributed by atoms with E-state index < -0.39 is 17.3 Å². The number of fused-ring (bicyclic) bond motifs is 1. The maximum Gasteiger partial charge on any atom is 0.257 e. The molecule has 0 unspecified atom stereocenters. The maximum absolute atomic E-state index is 14.7. The van der Waals surface area contributed by atoms with Gasteiger partial charge in [-0.1, -0.05) is 35.1 Å². The van der Waals surface area contributed by atoms with Crippen LogP contribution in [0.3, 0.4) is 0 Å². The van der Waals surface area contributed by atoms with Gasteiger partial charge in [0, 0.05) is 17.5 Å². The minimum Gasteiger partial charge on any atom is -0.456 e. The van der Waals surface area contributed by atoms with Gasteiger partial charge < -0.3 is 21.1 Å². The van der Waals surface area contributed by atoms with Crippen molar-refractivity contribution in [1.29, 1.82) is 5.26 Å². The van der Waals surface area contributed by atoms with Crippen LogP contribution in [0.5, 0.6) is 11.5 Å². The van der Waals surface area contributed by atoms with Crippen LogP contribution in [0.15, 0.2) is 48.5 Å². The molecule has 2 amide bonds. The molecule has 1 heterocycles. The summed E-state index contributed by atoms with van der Waals surface area (Å²) >= 11 is 7.62. The van der Waals surface area contributed by atoms with Crippen LogP contribution in [0.2, 0.25) is 5.02 Å². The first-order valence-electron chi connectivity index (χ1n) is 12.1. The highest BCUT2D eigenvalue weighted by Crippen LogP contribution is 2.38. The smallest absolute Gasteiger partial charge is 0.257 e. The van der Waals surface area contributed by atoms with Crippen molar-refractivity contribution in [2.45, 2.75) is 32.2 Å². The van der Waals surface area contributed by atoms with Crippen LogP contribution in [-0.4, -0.2) is 16.8 Å². The number of ether oxygens (including phenoxy) is 1. The van der Waals surface area contributed by atoms with Crippen LogP contribution < -0.4 is 21.1 Å². The number of amides is 2. The number of nitriles is 1. The molecule has 0 spiro atoms. The molecule has 1 aliphatic rings. The molecule has 39 heavy (non-hydrogen) atoms. The summed E-state index contributed by atoms with van der Waals surface area (Å²) in [6.07, 6.45) is 1.73. The molecule has 8 nitrogen and oxygen atoms in total. The number of nitrogens with zero attached hydrogens (tertiary/aromatic N) is 2. The third-order valence-electron chi connectivity index (χ3n) is 6.16. The van der Waals surface area contributed by atoms with E-state index in [1.54, 1.807) is 38.1 Å². The Morgan fingerprint density at radius 3 is 2.67 bits per heavy atom. The van der Waals surface area contributed by atoms with Gasteiger partial charge in [0.05, 0.1) is 26.5 Å². The number of thiazole rings is 1. The van der Waals surface area contributed by atoms with Gasteiger partial charge in [-0.05, 0) is 62.6 Å². The third-order valence-corrected chi connectivity index (χ3v) is 7.57. The summed E-state index contributed by atoms with van der Waals surface area (Å²) in [4.78, 5) is 29.5. The van der Waals surface area contributed by atoms with Gasteiger partial charge in [0.1, 0.15) is 28.9 Å². The summed E-state index contributed by atoms with van der Waals surface area (Å²) in [6.45, 7) is 3.53. The second kappa shape index (κ2) is 10.3. The van der Waals surface area contributed by atoms with E-state index in [0.29, 0.717) is 20.9 Å². The number of carbonyl (C=O) groups excluding carboxylic acids is 2. The number of benzene rings is 3. The Labute approximate surface area is 232 Å². The summed E-state index contributed by atoms with van der Waals surface area (Å²) in [7, 11) is 0. The SMILES string of the molecule is CC(C)(N)c1cccc(C(=O)Nc2cc(Oc3ccc4nc(NC(=O)C5CC5)sc4c3C#N)ccc2F)c1Cl. The molecule has 4 aromatic rings. The highest BCUT2D eigenvalue weighted by atomic mass is 35.5. The van der Waals surface area contributed by atoms with E-state index >= 15 is 0 Å². The number of rotatable bonds is 7. The van der Waals surface area contributed by atoms with Gasteiger partial charge in [0.15, 0.2) is 5.13 Å². The van der Waals surface area contributed by atoms with E-state index in [9.17, 15) is 19.2 Å². The summed E-state index contributed by atoms with van der Waals surface area (Å²) in [5.41, 5.74) is 6.72. The lowest BCUT2D eigenvalue weighted by atomic mass is 9.93. The zero-order chi connectivity index (χ0) is 27.9. The van der Waals surface area contributed by atoms with Crippen molar-refractivity contribution in [3.8, 4) is 17.6 Å². The molecule has 1 saturated carbocycles. The first-order valence-corrected chi connectivity index (χ1v) is 13.3. The Kier molecular flexibility index (Phi) is 6.99. The van der Waals surface area contributed by atoms with Gasteiger partial charge in [-0.3, -0.25) is 9.59 Å². The van der Waals surface area contributed by atoms with Crippen LogP contribution in [-0.2, 0) is 10.3 Å². The average Bonchev–Trinajstić information content (AvgIpc) is 3.66. The fraction of sp³-hybridized carbons (Fsp3) is 0.214. The van der Waals surface area contributed by atoms with Crippen molar-refractivity contribution in [2.75, 3.05) is 10.6 Å². The van der Waals surface area contributed by atoms with Gasteiger partial charge >= 0.3 is 0 Å². The van der Waals surface area contributed by atoms with Crippen molar-refractivity contribution in [3.05, 3.63) is 76.1 Å². The van der Waals surface area contributed by atoms with Gasteiger partial charge in [0.25, 0.3) is 5.91 Å². The molecule has 3 aromatic carbocycles. The van der Waals surface area contributed by atoms with Gasteiger partial charge in [-0.15, -0.1) is 0 Å². The molecule has 198 valence electrons. The van der Waals surface area contributed by atoms with Crippen molar-refractivity contribution in [2.24, 2.45) is 11.7 Å². The predicted octanol–water partition coefficient (Wildman–Crippen LogP) is 6.55. The molecule has 11 heteroatoms. The standard InChI is InChI=1S/C28H23ClFN5O3S/c1-28(2,32)18-5-3-4-16(23(18)29)26(37)33-21-12-15(8-9-19(21)30)38-22-11-10-20-24(17(22)13-31)39-27(34-20)35-25(36)14-6-7-14/h3-5,8-12,14H,6-7,32H2,1-2H3,(H,33,37)(H,34,35,36). The summed E-state index contributed by atoms with van der Waals surface area (Å²) in [6, 6.07) is 14.1. The second-order valence-electron chi connectivity index (χ2n) is 9.77. The van der Waals surface area contributed by atoms with Crippen molar-refractivity contribution in [1.82, 2.24) is 4.98 Å². The number of nitrogens with one attached hydrogen (secondary N) is 2. The minimum absolute atomic E-state index is 0.0204. The largest absolute Gasteiger partial charge is 0.456 e.